The fourth-order valence-corrected chi connectivity index (χ4v) is 3.45. The van der Waals surface area contributed by atoms with E-state index in [0.717, 1.165) is 11.3 Å². The van der Waals surface area contributed by atoms with E-state index in [-0.39, 0.29) is 5.56 Å². The Bertz CT molecular complexity index is 1410. The normalized spacial score (nSPS) is 11.5. The summed E-state index contributed by atoms with van der Waals surface area (Å²) < 4.78 is 40.1. The number of benzene rings is 1. The van der Waals surface area contributed by atoms with Crippen molar-refractivity contribution in [3.63, 3.8) is 0 Å². The van der Waals surface area contributed by atoms with E-state index in [4.69, 9.17) is 0 Å². The number of likely N-dealkylation sites (N-methyl/N-ethyl adjacent to an activating group) is 1. The number of carbonyl (C=O) groups excluding carboxylic acids is 1. The van der Waals surface area contributed by atoms with E-state index >= 15 is 0 Å². The number of fused-ring (bicyclic) bond motifs is 1. The van der Waals surface area contributed by atoms with Crippen LogP contribution in [0.2, 0.25) is 0 Å². The third-order valence-electron chi connectivity index (χ3n) is 5.11. The molecule has 4 aromatic rings. The molecule has 0 spiro atoms. The van der Waals surface area contributed by atoms with Crippen molar-refractivity contribution in [1.82, 2.24) is 29.8 Å². The van der Waals surface area contributed by atoms with Crippen LogP contribution in [0.5, 0.6) is 0 Å². The van der Waals surface area contributed by atoms with Crippen LogP contribution >= 0.6 is 0 Å². The Morgan fingerprint density at radius 2 is 1.91 bits per heavy atom. The van der Waals surface area contributed by atoms with Gasteiger partial charge in [0.05, 0.1) is 24.1 Å². The molecule has 3 heterocycles. The molecule has 0 bridgehead atoms. The highest BCUT2D eigenvalue weighted by molar-refractivity contribution is 5.90. The lowest BCUT2D eigenvalue weighted by Crippen LogP contribution is -2.36. The van der Waals surface area contributed by atoms with Crippen molar-refractivity contribution in [2.45, 2.75) is 12.7 Å². The second-order valence-electron chi connectivity index (χ2n) is 7.67. The Hall–Kier alpha value is -4.19. The number of nitrogens with one attached hydrogen (secondary N) is 3. The topological polar surface area (TPSA) is 105 Å². The summed E-state index contributed by atoms with van der Waals surface area (Å²) in [5.74, 6) is 0. The number of nitrogens with zero attached hydrogens (tertiary/aromatic N) is 4. The zero-order valence-electron chi connectivity index (χ0n) is 18.6. The average Bonchev–Trinajstić information content (AvgIpc) is 3.25. The molecule has 0 aliphatic carbocycles. The van der Waals surface area contributed by atoms with Gasteiger partial charge in [-0.05, 0) is 37.4 Å². The largest absolute Gasteiger partial charge is 0.405 e. The molecule has 0 unspecified atom stereocenters. The van der Waals surface area contributed by atoms with Crippen molar-refractivity contribution < 1.29 is 18.0 Å². The molecule has 0 fully saturated rings. The van der Waals surface area contributed by atoms with E-state index in [1.807, 2.05) is 22.7 Å². The number of hydrogen-bond acceptors (Lipinski definition) is 5. The van der Waals surface area contributed by atoms with Gasteiger partial charge in [-0.3, -0.25) is 9.20 Å². The quantitative estimate of drug-likeness (QED) is 0.373. The van der Waals surface area contributed by atoms with Crippen LogP contribution in [-0.2, 0) is 6.54 Å². The molecule has 3 N–H and O–H groups in total. The van der Waals surface area contributed by atoms with Crippen molar-refractivity contribution in [2.75, 3.05) is 25.5 Å². The van der Waals surface area contributed by atoms with Gasteiger partial charge >= 0.3 is 12.2 Å². The first-order valence-electron chi connectivity index (χ1n) is 10.7. The van der Waals surface area contributed by atoms with Gasteiger partial charge in [-0.25, -0.2) is 14.5 Å². The summed E-state index contributed by atoms with van der Waals surface area (Å²) in [7, 11) is 1.80. The van der Waals surface area contributed by atoms with E-state index < -0.39 is 18.8 Å². The minimum absolute atomic E-state index is 0.186. The molecule has 0 saturated carbocycles. The summed E-state index contributed by atoms with van der Waals surface area (Å²) in [6.45, 7) is -0.371. The number of rotatable bonds is 7. The number of urea groups is 1. The van der Waals surface area contributed by atoms with Crippen LogP contribution in [0.15, 0.2) is 65.7 Å². The van der Waals surface area contributed by atoms with Gasteiger partial charge in [0.1, 0.15) is 12.2 Å². The molecule has 3 aromatic heterocycles. The fourth-order valence-electron chi connectivity index (χ4n) is 3.45. The summed E-state index contributed by atoms with van der Waals surface area (Å²) in [4.78, 5) is 28.3. The summed E-state index contributed by atoms with van der Waals surface area (Å²) in [6, 6.07) is 12.6. The maximum Gasteiger partial charge on any atom is 0.405 e. The number of pyridine rings is 1. The second kappa shape index (κ2) is 9.97. The van der Waals surface area contributed by atoms with Gasteiger partial charge in [0.2, 0.25) is 0 Å². The predicted octanol–water partition coefficient (Wildman–Crippen LogP) is 3.13. The maximum atomic E-state index is 12.3. The van der Waals surface area contributed by atoms with E-state index in [1.165, 1.54) is 10.7 Å². The van der Waals surface area contributed by atoms with E-state index in [9.17, 15) is 22.8 Å². The number of hydrogen-bond donors (Lipinski definition) is 3. The Morgan fingerprint density at radius 1 is 1.09 bits per heavy atom. The molecule has 0 saturated heterocycles. The van der Waals surface area contributed by atoms with Gasteiger partial charge in [0.15, 0.2) is 0 Å². The smallest absolute Gasteiger partial charge is 0.329 e. The number of halogens is 3. The first-order valence-corrected chi connectivity index (χ1v) is 10.7. The molecule has 0 aliphatic heterocycles. The van der Waals surface area contributed by atoms with Crippen LogP contribution in [0.3, 0.4) is 0 Å². The van der Waals surface area contributed by atoms with Crippen molar-refractivity contribution in [3.05, 3.63) is 71.3 Å². The summed E-state index contributed by atoms with van der Waals surface area (Å²) in [6.07, 6.45) is -1.02. The highest BCUT2D eigenvalue weighted by atomic mass is 19.4. The molecular formula is C23H22F3N7O2. The molecule has 0 aliphatic rings. The standard InChI is InChI=1S/C23H22F3N7O2/c1-27-8-10-33-21(34)6-5-18(31-33)15-7-9-32-19(13-28-20(32)12-15)16-3-2-4-17(11-16)30-22(35)29-14-23(24,25)26/h2-7,9,11-13,27H,8,10,14H2,1H3,(H2,29,30,35). The number of amides is 2. The summed E-state index contributed by atoms with van der Waals surface area (Å²) in [5.41, 5.74) is 3.62. The van der Waals surface area contributed by atoms with Gasteiger partial charge in [-0.15, -0.1) is 0 Å². The first kappa shape index (κ1) is 24.0. The lowest BCUT2D eigenvalue weighted by atomic mass is 10.1. The summed E-state index contributed by atoms with van der Waals surface area (Å²) in [5, 5.41) is 11.6. The molecule has 4 rings (SSSR count). The molecule has 0 atom stereocenters. The second-order valence-corrected chi connectivity index (χ2v) is 7.67. The molecule has 9 nitrogen and oxygen atoms in total. The number of alkyl halides is 3. The Kier molecular flexibility index (Phi) is 6.82. The predicted molar refractivity (Wildman–Crippen MR) is 125 cm³/mol. The van der Waals surface area contributed by atoms with Crippen molar-refractivity contribution in [2.24, 2.45) is 0 Å². The average molecular weight is 485 g/mol. The monoisotopic (exact) mass is 485 g/mol. The van der Waals surface area contributed by atoms with Gasteiger partial charge in [0, 0.05) is 35.6 Å². The van der Waals surface area contributed by atoms with Crippen molar-refractivity contribution in [1.29, 1.82) is 0 Å². The van der Waals surface area contributed by atoms with E-state index in [0.29, 0.717) is 35.7 Å². The van der Waals surface area contributed by atoms with E-state index in [2.05, 4.69) is 20.7 Å². The Labute approximate surface area is 197 Å². The third kappa shape index (κ3) is 5.84. The van der Waals surface area contributed by atoms with Crippen LogP contribution in [0, 0.1) is 0 Å². The zero-order valence-corrected chi connectivity index (χ0v) is 18.6. The minimum Gasteiger partial charge on any atom is -0.329 e. The molecule has 35 heavy (non-hydrogen) atoms. The minimum atomic E-state index is -4.49. The van der Waals surface area contributed by atoms with Crippen LogP contribution in [0.4, 0.5) is 23.7 Å². The lowest BCUT2D eigenvalue weighted by Gasteiger charge is -2.11. The SMILES string of the molecule is CNCCn1nc(-c2ccn3c(-c4cccc(NC(=O)NCC(F)(F)F)c4)cnc3c2)ccc1=O. The van der Waals surface area contributed by atoms with E-state index in [1.54, 1.807) is 48.9 Å². The van der Waals surface area contributed by atoms with Crippen molar-refractivity contribution in [3.8, 4) is 22.5 Å². The Morgan fingerprint density at radius 3 is 2.69 bits per heavy atom. The Balaban J connectivity index is 1.57. The van der Waals surface area contributed by atoms with Gasteiger partial charge in [-0.1, -0.05) is 12.1 Å². The zero-order chi connectivity index (χ0) is 25.0. The van der Waals surface area contributed by atoms with Gasteiger partial charge in [-0.2, -0.15) is 18.3 Å². The maximum absolute atomic E-state index is 12.3. The highest BCUT2D eigenvalue weighted by Gasteiger charge is 2.27. The van der Waals surface area contributed by atoms with Gasteiger partial charge < -0.3 is 16.0 Å². The van der Waals surface area contributed by atoms with Crippen LogP contribution in [0.1, 0.15) is 0 Å². The third-order valence-corrected chi connectivity index (χ3v) is 5.11. The van der Waals surface area contributed by atoms with Crippen LogP contribution in [0.25, 0.3) is 28.2 Å². The molecule has 2 amide bonds. The van der Waals surface area contributed by atoms with Crippen LogP contribution < -0.4 is 21.5 Å². The van der Waals surface area contributed by atoms with Gasteiger partial charge in [0.25, 0.3) is 5.56 Å². The molecule has 12 heteroatoms. The molecule has 182 valence electrons. The number of anilines is 1. The number of aromatic nitrogens is 4. The fraction of sp³-hybridized carbons (Fsp3) is 0.217. The van der Waals surface area contributed by atoms with Crippen LogP contribution in [-0.4, -0.2) is 51.5 Å². The van der Waals surface area contributed by atoms with Crippen molar-refractivity contribution >= 4 is 17.4 Å². The number of carbonyl (C=O) groups is 1. The summed E-state index contributed by atoms with van der Waals surface area (Å²) >= 11 is 0. The molecular weight excluding hydrogens is 463 g/mol. The highest BCUT2D eigenvalue weighted by Crippen LogP contribution is 2.26. The lowest BCUT2D eigenvalue weighted by molar-refractivity contribution is -0.122. The first-order chi connectivity index (χ1) is 16.7. The molecule has 1 aromatic carbocycles. The molecule has 0 radical (unpaired) electrons. The number of imidazole rings is 1.